The summed E-state index contributed by atoms with van der Waals surface area (Å²) in [7, 11) is 0. The molecule has 0 unspecified atom stereocenters. The van der Waals surface area contributed by atoms with Gasteiger partial charge in [-0.2, -0.15) is 5.11 Å². The van der Waals surface area contributed by atoms with Gasteiger partial charge in [-0.1, -0.05) is 12.1 Å². The first-order chi connectivity index (χ1) is 6.72. The Bertz CT molecular complexity index is 361. The molecule has 0 spiro atoms. The molecule has 0 aliphatic carbocycles. The van der Waals surface area contributed by atoms with Crippen LogP contribution in [0.4, 0.5) is 0 Å². The summed E-state index contributed by atoms with van der Waals surface area (Å²) in [6.07, 6.45) is 0. The predicted molar refractivity (Wildman–Crippen MR) is 52.5 cm³/mol. The molecule has 1 aromatic carbocycles. The van der Waals surface area contributed by atoms with Crippen molar-refractivity contribution in [3.05, 3.63) is 29.8 Å². The molecule has 1 aromatic rings. The van der Waals surface area contributed by atoms with Crippen molar-refractivity contribution in [1.82, 2.24) is 0 Å². The number of aromatic hydroxyl groups is 1. The normalized spacial score (nSPS) is 12.1. The number of nitrogens with two attached hydrogens (primary N) is 2. The van der Waals surface area contributed by atoms with E-state index < -0.39 is 0 Å². The molecule has 5 N–H and O–H groups in total. The van der Waals surface area contributed by atoms with E-state index in [1.807, 2.05) is 6.07 Å². The van der Waals surface area contributed by atoms with E-state index in [1.165, 1.54) is 0 Å². The van der Waals surface area contributed by atoms with Crippen molar-refractivity contribution in [2.24, 2.45) is 26.9 Å². The van der Waals surface area contributed by atoms with Crippen LogP contribution in [0, 0.1) is 0 Å². The number of guanidine groups is 1. The fourth-order valence-electron chi connectivity index (χ4n) is 0.870. The fourth-order valence-corrected chi connectivity index (χ4v) is 0.870. The maximum atomic E-state index is 9.13. The lowest BCUT2D eigenvalue weighted by molar-refractivity contribution is 0.474. The second-order valence-corrected chi connectivity index (χ2v) is 2.56. The molecule has 0 radical (unpaired) electrons. The molecule has 6 heteroatoms. The van der Waals surface area contributed by atoms with Gasteiger partial charge in [0.05, 0.1) is 6.54 Å². The smallest absolute Gasteiger partial charge is 0.255 e. The van der Waals surface area contributed by atoms with Gasteiger partial charge in [0.2, 0.25) is 0 Å². The van der Waals surface area contributed by atoms with Gasteiger partial charge in [0.15, 0.2) is 0 Å². The van der Waals surface area contributed by atoms with Crippen molar-refractivity contribution in [3.8, 4) is 5.75 Å². The van der Waals surface area contributed by atoms with Crippen molar-refractivity contribution in [3.63, 3.8) is 0 Å². The first-order valence-corrected chi connectivity index (χ1v) is 3.91. The lowest BCUT2D eigenvalue weighted by atomic mass is 10.2. The van der Waals surface area contributed by atoms with Crippen molar-refractivity contribution in [2.75, 3.05) is 0 Å². The summed E-state index contributed by atoms with van der Waals surface area (Å²) in [5, 5.41) is 19.5. The summed E-state index contributed by atoms with van der Waals surface area (Å²) in [5.41, 5.74) is 6.01. The predicted octanol–water partition coefficient (Wildman–Crippen LogP) is 0.533. The highest BCUT2D eigenvalue weighted by atomic mass is 16.3. The van der Waals surface area contributed by atoms with Gasteiger partial charge in [-0.05, 0) is 17.7 Å². The summed E-state index contributed by atoms with van der Waals surface area (Å²) in [6.45, 7) is 0.324. The molecule has 0 fully saturated rings. The van der Waals surface area contributed by atoms with E-state index in [-0.39, 0.29) is 11.7 Å². The molecule has 0 saturated carbocycles. The van der Waals surface area contributed by atoms with E-state index >= 15 is 0 Å². The van der Waals surface area contributed by atoms with E-state index in [4.69, 9.17) is 16.7 Å². The molecule has 1 rings (SSSR count). The van der Waals surface area contributed by atoms with Crippen LogP contribution in [0.3, 0.4) is 0 Å². The number of rotatable bonds is 2. The molecule has 0 bridgehead atoms. The Morgan fingerprint density at radius 2 is 2.21 bits per heavy atom. The van der Waals surface area contributed by atoms with Crippen LogP contribution in [-0.4, -0.2) is 11.1 Å². The van der Waals surface area contributed by atoms with Crippen molar-refractivity contribution in [1.29, 1.82) is 0 Å². The van der Waals surface area contributed by atoms with Crippen LogP contribution >= 0.6 is 0 Å². The summed E-state index contributed by atoms with van der Waals surface area (Å²) < 4.78 is 0. The second kappa shape index (κ2) is 4.80. The van der Waals surface area contributed by atoms with Crippen LogP contribution in [-0.2, 0) is 6.54 Å². The first-order valence-electron chi connectivity index (χ1n) is 3.91. The zero-order chi connectivity index (χ0) is 10.4. The Hall–Kier alpha value is -2.11. The Morgan fingerprint density at radius 3 is 2.86 bits per heavy atom. The molecular formula is C8H11N5O. The van der Waals surface area contributed by atoms with Gasteiger partial charge in [0, 0.05) is 0 Å². The molecule has 0 saturated heterocycles. The molecule has 74 valence electrons. The SMILES string of the molecule is NN=C(N)N=NCc1cccc(O)c1. The zero-order valence-corrected chi connectivity index (χ0v) is 7.46. The minimum Gasteiger partial charge on any atom is -0.508 e. The monoisotopic (exact) mass is 193 g/mol. The Morgan fingerprint density at radius 1 is 1.43 bits per heavy atom. The number of benzene rings is 1. The Labute approximate surface area is 80.9 Å². The topological polar surface area (TPSA) is 109 Å². The number of hydrogen-bond acceptors (Lipinski definition) is 4. The van der Waals surface area contributed by atoms with E-state index in [9.17, 15) is 0 Å². The van der Waals surface area contributed by atoms with E-state index in [0.717, 1.165) is 5.56 Å². The van der Waals surface area contributed by atoms with Gasteiger partial charge in [0.1, 0.15) is 5.75 Å². The maximum Gasteiger partial charge on any atom is 0.255 e. The first kappa shape index (κ1) is 9.97. The molecule has 0 aliphatic heterocycles. The van der Waals surface area contributed by atoms with Gasteiger partial charge in [-0.25, -0.2) is 0 Å². The average molecular weight is 193 g/mol. The molecule has 0 aromatic heterocycles. The summed E-state index contributed by atoms with van der Waals surface area (Å²) in [4.78, 5) is 0. The largest absolute Gasteiger partial charge is 0.508 e. The highest BCUT2D eigenvalue weighted by molar-refractivity contribution is 5.77. The molecular weight excluding hydrogens is 182 g/mol. The van der Waals surface area contributed by atoms with Gasteiger partial charge in [-0.3, -0.25) is 0 Å². The highest BCUT2D eigenvalue weighted by Gasteiger charge is 1.92. The summed E-state index contributed by atoms with van der Waals surface area (Å²) >= 11 is 0. The molecule has 0 atom stereocenters. The van der Waals surface area contributed by atoms with Crippen LogP contribution in [0.1, 0.15) is 5.56 Å². The van der Waals surface area contributed by atoms with E-state index in [1.54, 1.807) is 18.2 Å². The maximum absolute atomic E-state index is 9.13. The fraction of sp³-hybridized carbons (Fsp3) is 0.125. The van der Waals surface area contributed by atoms with Crippen molar-refractivity contribution in [2.45, 2.75) is 6.54 Å². The summed E-state index contributed by atoms with van der Waals surface area (Å²) in [6, 6.07) is 6.71. The Balaban J connectivity index is 2.58. The van der Waals surface area contributed by atoms with Gasteiger partial charge in [-0.15, -0.1) is 10.2 Å². The van der Waals surface area contributed by atoms with Crippen LogP contribution in [0.5, 0.6) is 5.75 Å². The van der Waals surface area contributed by atoms with Crippen molar-refractivity contribution >= 4 is 5.96 Å². The third-order valence-electron chi connectivity index (χ3n) is 1.47. The number of azo groups is 1. The third kappa shape index (κ3) is 3.10. The van der Waals surface area contributed by atoms with E-state index in [2.05, 4.69) is 15.3 Å². The third-order valence-corrected chi connectivity index (χ3v) is 1.47. The number of nitrogens with zero attached hydrogens (tertiary/aromatic N) is 3. The van der Waals surface area contributed by atoms with Crippen molar-refractivity contribution < 1.29 is 5.11 Å². The van der Waals surface area contributed by atoms with E-state index in [0.29, 0.717) is 6.54 Å². The van der Waals surface area contributed by atoms with Crippen LogP contribution < -0.4 is 11.6 Å². The van der Waals surface area contributed by atoms with Crippen LogP contribution in [0.15, 0.2) is 39.6 Å². The zero-order valence-electron chi connectivity index (χ0n) is 7.46. The number of hydrazone groups is 1. The minimum atomic E-state index is -0.0786. The number of phenolic OH excluding ortho intramolecular Hbond substituents is 1. The van der Waals surface area contributed by atoms with Gasteiger partial charge < -0.3 is 16.7 Å². The van der Waals surface area contributed by atoms with Gasteiger partial charge in [0.25, 0.3) is 5.96 Å². The lowest BCUT2D eigenvalue weighted by Crippen LogP contribution is -2.09. The Kier molecular flexibility index (Phi) is 3.42. The summed E-state index contributed by atoms with van der Waals surface area (Å²) in [5.74, 6) is 4.96. The van der Waals surface area contributed by atoms with Crippen LogP contribution in [0.2, 0.25) is 0 Å². The highest BCUT2D eigenvalue weighted by Crippen LogP contribution is 2.11. The standard InChI is InChI=1S/C8H11N5O/c9-8(12-10)13-11-5-6-2-1-3-7(14)4-6/h1-4,14H,5,10H2,(H2,9,12). The molecule has 14 heavy (non-hydrogen) atoms. The van der Waals surface area contributed by atoms with Crippen LogP contribution in [0.25, 0.3) is 0 Å². The second-order valence-electron chi connectivity index (χ2n) is 2.56. The molecule has 0 amide bonds. The molecule has 0 aliphatic rings. The molecule has 6 nitrogen and oxygen atoms in total. The quantitative estimate of drug-likeness (QED) is 0.209. The van der Waals surface area contributed by atoms with Gasteiger partial charge >= 0.3 is 0 Å². The number of hydrogen-bond donors (Lipinski definition) is 3. The lowest BCUT2D eigenvalue weighted by Gasteiger charge is -1.95. The number of phenols is 1. The molecule has 0 heterocycles. The average Bonchev–Trinajstić information content (AvgIpc) is 2.17. The minimum absolute atomic E-state index is 0.0786.